The first kappa shape index (κ1) is 18.0. The molecule has 0 aromatic heterocycles. The van der Waals surface area contributed by atoms with Crippen LogP contribution in [-0.4, -0.2) is 25.0 Å². The molecule has 1 aromatic rings. The summed E-state index contributed by atoms with van der Waals surface area (Å²) in [6, 6.07) is 6.77. The van der Waals surface area contributed by atoms with Crippen LogP contribution in [-0.2, 0) is 11.2 Å². The molecule has 4 heteroatoms. The van der Waals surface area contributed by atoms with Crippen molar-refractivity contribution in [3.63, 3.8) is 0 Å². The zero-order chi connectivity index (χ0) is 14.7. The Kier molecular flexibility index (Phi) is 6.69. The number of hydrogen-bond donors (Lipinski definition) is 2. The minimum absolute atomic E-state index is 0. The predicted molar refractivity (Wildman–Crippen MR) is 90.0 cm³/mol. The number of halogens is 1. The fraction of sp³-hybridized carbons (Fsp3) is 0.588. The number of carbonyl (C=O) groups excluding carboxylic acids is 1. The molecular formula is C17H27ClN2O. The first-order chi connectivity index (χ1) is 9.45. The number of rotatable bonds is 5. The summed E-state index contributed by atoms with van der Waals surface area (Å²) in [6.07, 6.45) is 0.893. The standard InChI is InChI=1S/C17H26N2O.ClH/c1-11-5-12(2)7-15(6-11)8-13(3)19-17(20)14(4)16-9-18-10-16;/h5-7,13-14,16,18H,8-10H2,1-4H3,(H,19,20);1H. The molecular weight excluding hydrogens is 284 g/mol. The van der Waals surface area contributed by atoms with Gasteiger partial charge in [0.2, 0.25) is 5.91 Å². The lowest BCUT2D eigenvalue weighted by molar-refractivity contribution is -0.127. The molecule has 0 radical (unpaired) electrons. The third kappa shape index (κ3) is 5.01. The second kappa shape index (κ2) is 7.81. The summed E-state index contributed by atoms with van der Waals surface area (Å²) < 4.78 is 0. The van der Waals surface area contributed by atoms with Crippen LogP contribution in [0, 0.1) is 25.7 Å². The molecule has 2 unspecified atom stereocenters. The van der Waals surface area contributed by atoms with Crippen molar-refractivity contribution in [3.05, 3.63) is 34.9 Å². The van der Waals surface area contributed by atoms with Crippen molar-refractivity contribution < 1.29 is 4.79 Å². The number of aryl methyl sites for hydroxylation is 2. The first-order valence-corrected chi connectivity index (χ1v) is 7.54. The van der Waals surface area contributed by atoms with E-state index in [1.165, 1.54) is 16.7 Å². The van der Waals surface area contributed by atoms with Crippen molar-refractivity contribution in [1.82, 2.24) is 10.6 Å². The van der Waals surface area contributed by atoms with Crippen molar-refractivity contribution in [2.24, 2.45) is 11.8 Å². The van der Waals surface area contributed by atoms with Crippen LogP contribution in [0.4, 0.5) is 0 Å². The van der Waals surface area contributed by atoms with Crippen LogP contribution in [0.25, 0.3) is 0 Å². The number of amides is 1. The average molecular weight is 311 g/mol. The molecule has 1 saturated heterocycles. The quantitative estimate of drug-likeness (QED) is 0.878. The Morgan fingerprint density at radius 1 is 1.24 bits per heavy atom. The second-order valence-corrected chi connectivity index (χ2v) is 6.32. The van der Waals surface area contributed by atoms with Gasteiger partial charge in [-0.3, -0.25) is 4.79 Å². The van der Waals surface area contributed by atoms with Crippen molar-refractivity contribution in [3.8, 4) is 0 Å². The Bertz CT molecular complexity index is 465. The number of nitrogens with one attached hydrogen (secondary N) is 2. The Balaban J connectivity index is 0.00000220. The maximum Gasteiger partial charge on any atom is 0.223 e. The minimum Gasteiger partial charge on any atom is -0.353 e. The maximum absolute atomic E-state index is 12.2. The number of hydrogen-bond acceptors (Lipinski definition) is 2. The van der Waals surface area contributed by atoms with Crippen LogP contribution in [0.15, 0.2) is 18.2 Å². The molecule has 21 heavy (non-hydrogen) atoms. The molecule has 0 aliphatic carbocycles. The van der Waals surface area contributed by atoms with Crippen molar-refractivity contribution in [2.45, 2.75) is 40.2 Å². The van der Waals surface area contributed by atoms with E-state index in [-0.39, 0.29) is 30.3 Å². The van der Waals surface area contributed by atoms with Gasteiger partial charge in [-0.1, -0.05) is 36.2 Å². The van der Waals surface area contributed by atoms with Crippen LogP contribution in [0.5, 0.6) is 0 Å². The Hall–Kier alpha value is -1.06. The molecule has 2 N–H and O–H groups in total. The highest BCUT2D eigenvalue weighted by Gasteiger charge is 2.29. The van der Waals surface area contributed by atoms with Crippen LogP contribution < -0.4 is 10.6 Å². The van der Waals surface area contributed by atoms with Gasteiger partial charge in [-0.2, -0.15) is 0 Å². The zero-order valence-electron chi connectivity index (χ0n) is 13.4. The summed E-state index contributed by atoms with van der Waals surface area (Å²) in [6.45, 7) is 10.3. The molecule has 1 amide bonds. The Labute approximate surface area is 134 Å². The summed E-state index contributed by atoms with van der Waals surface area (Å²) in [5, 5.41) is 6.37. The van der Waals surface area contributed by atoms with Gasteiger partial charge in [0.25, 0.3) is 0 Å². The van der Waals surface area contributed by atoms with Crippen molar-refractivity contribution in [2.75, 3.05) is 13.1 Å². The topological polar surface area (TPSA) is 41.1 Å². The molecule has 0 saturated carbocycles. The molecule has 0 bridgehead atoms. The lowest BCUT2D eigenvalue weighted by Gasteiger charge is -2.32. The molecule has 2 atom stereocenters. The van der Waals surface area contributed by atoms with Crippen molar-refractivity contribution >= 4 is 18.3 Å². The van der Waals surface area contributed by atoms with Gasteiger partial charge in [-0.05, 0) is 51.8 Å². The van der Waals surface area contributed by atoms with Crippen LogP contribution in [0.2, 0.25) is 0 Å². The van der Waals surface area contributed by atoms with E-state index in [1.54, 1.807) is 0 Å². The van der Waals surface area contributed by atoms with Gasteiger partial charge in [-0.15, -0.1) is 12.4 Å². The molecule has 1 heterocycles. The highest BCUT2D eigenvalue weighted by Crippen LogP contribution is 2.16. The number of benzene rings is 1. The lowest BCUT2D eigenvalue weighted by atomic mass is 9.88. The monoisotopic (exact) mass is 310 g/mol. The smallest absolute Gasteiger partial charge is 0.223 e. The van der Waals surface area contributed by atoms with Gasteiger partial charge in [0.05, 0.1) is 0 Å². The van der Waals surface area contributed by atoms with E-state index in [2.05, 4.69) is 49.6 Å². The van der Waals surface area contributed by atoms with E-state index in [9.17, 15) is 4.79 Å². The van der Waals surface area contributed by atoms with Crippen molar-refractivity contribution in [1.29, 1.82) is 0 Å². The second-order valence-electron chi connectivity index (χ2n) is 6.32. The Morgan fingerprint density at radius 2 is 1.81 bits per heavy atom. The van der Waals surface area contributed by atoms with Gasteiger partial charge in [0.1, 0.15) is 0 Å². The summed E-state index contributed by atoms with van der Waals surface area (Å²) in [4.78, 5) is 12.2. The molecule has 1 aromatic carbocycles. The summed E-state index contributed by atoms with van der Waals surface area (Å²) in [7, 11) is 0. The first-order valence-electron chi connectivity index (χ1n) is 7.54. The lowest BCUT2D eigenvalue weighted by Crippen LogP contribution is -2.50. The van der Waals surface area contributed by atoms with Gasteiger partial charge in [0.15, 0.2) is 0 Å². The van der Waals surface area contributed by atoms with Gasteiger partial charge in [-0.25, -0.2) is 0 Å². The van der Waals surface area contributed by atoms with E-state index in [4.69, 9.17) is 0 Å². The fourth-order valence-corrected chi connectivity index (χ4v) is 2.84. The molecule has 0 spiro atoms. The van der Waals surface area contributed by atoms with Gasteiger partial charge in [0, 0.05) is 12.0 Å². The highest BCUT2D eigenvalue weighted by molar-refractivity contribution is 5.85. The van der Waals surface area contributed by atoms with E-state index in [1.807, 2.05) is 6.92 Å². The average Bonchev–Trinajstić information content (AvgIpc) is 2.24. The third-order valence-corrected chi connectivity index (χ3v) is 4.15. The van der Waals surface area contributed by atoms with E-state index in [0.717, 1.165) is 19.5 Å². The predicted octanol–water partition coefficient (Wildman–Crippen LogP) is 2.63. The van der Waals surface area contributed by atoms with E-state index >= 15 is 0 Å². The molecule has 2 rings (SSSR count). The third-order valence-electron chi connectivity index (χ3n) is 4.15. The summed E-state index contributed by atoms with van der Waals surface area (Å²) in [5.41, 5.74) is 3.87. The normalized spacial score (nSPS) is 17.3. The molecule has 1 aliphatic heterocycles. The molecule has 1 fully saturated rings. The van der Waals surface area contributed by atoms with E-state index in [0.29, 0.717) is 5.92 Å². The Morgan fingerprint density at radius 3 is 2.29 bits per heavy atom. The van der Waals surface area contributed by atoms with Crippen LogP contribution >= 0.6 is 12.4 Å². The zero-order valence-corrected chi connectivity index (χ0v) is 14.2. The maximum atomic E-state index is 12.2. The minimum atomic E-state index is 0. The van der Waals surface area contributed by atoms with Crippen LogP contribution in [0.1, 0.15) is 30.5 Å². The van der Waals surface area contributed by atoms with Crippen LogP contribution in [0.3, 0.4) is 0 Å². The molecule has 3 nitrogen and oxygen atoms in total. The fourth-order valence-electron chi connectivity index (χ4n) is 2.84. The highest BCUT2D eigenvalue weighted by atomic mass is 35.5. The molecule has 118 valence electrons. The summed E-state index contributed by atoms with van der Waals surface area (Å²) in [5.74, 6) is 0.801. The number of carbonyl (C=O) groups is 1. The van der Waals surface area contributed by atoms with E-state index < -0.39 is 0 Å². The van der Waals surface area contributed by atoms with Gasteiger partial charge < -0.3 is 10.6 Å². The largest absolute Gasteiger partial charge is 0.353 e. The van der Waals surface area contributed by atoms with Gasteiger partial charge >= 0.3 is 0 Å². The summed E-state index contributed by atoms with van der Waals surface area (Å²) >= 11 is 0. The SMILES string of the molecule is Cc1cc(C)cc(CC(C)NC(=O)C(C)C2CNC2)c1.Cl. The molecule has 1 aliphatic rings.